The van der Waals surface area contributed by atoms with Gasteiger partial charge < -0.3 is 9.88 Å². The molecule has 1 aromatic heterocycles. The van der Waals surface area contributed by atoms with E-state index in [1.165, 1.54) is 9.13 Å². The molecular formula is C23H27N3O3. The van der Waals surface area contributed by atoms with Crippen molar-refractivity contribution in [1.29, 1.82) is 0 Å². The van der Waals surface area contributed by atoms with E-state index in [0.29, 0.717) is 24.6 Å². The van der Waals surface area contributed by atoms with Gasteiger partial charge in [-0.25, -0.2) is 0 Å². The van der Waals surface area contributed by atoms with Crippen LogP contribution in [0.15, 0.2) is 58.1 Å². The van der Waals surface area contributed by atoms with Crippen LogP contribution in [0.1, 0.15) is 43.1 Å². The molecule has 6 heteroatoms. The highest BCUT2D eigenvalue weighted by molar-refractivity contribution is 5.94. The molecule has 1 amide bonds. The van der Waals surface area contributed by atoms with Gasteiger partial charge in [-0.1, -0.05) is 38.1 Å². The number of nitrogens with one attached hydrogen (secondary N) is 1. The predicted octanol–water partition coefficient (Wildman–Crippen LogP) is 3.01. The summed E-state index contributed by atoms with van der Waals surface area (Å²) < 4.78 is 3.00. The number of hydrogen-bond donors (Lipinski definition) is 1. The van der Waals surface area contributed by atoms with Gasteiger partial charge in [-0.2, -0.15) is 0 Å². The molecule has 2 aromatic carbocycles. The number of para-hydroxylation sites is 2. The molecule has 0 unspecified atom stereocenters. The molecule has 3 aromatic rings. The minimum absolute atomic E-state index is 0.106. The van der Waals surface area contributed by atoms with Crippen LogP contribution in [0, 0.1) is 5.92 Å². The Balaban J connectivity index is 1.87. The lowest BCUT2D eigenvalue weighted by atomic mass is 10.1. The topological polar surface area (TPSA) is 73.1 Å². The first kappa shape index (κ1) is 20.6. The van der Waals surface area contributed by atoms with Gasteiger partial charge >= 0.3 is 11.1 Å². The SMILES string of the molecule is CCn1c(=O)c(=O)n(Cc2ccc(C(=O)NCCC(C)C)cc2)c2ccccc21. The summed E-state index contributed by atoms with van der Waals surface area (Å²) in [6, 6.07) is 14.6. The lowest BCUT2D eigenvalue weighted by Crippen LogP contribution is -2.41. The van der Waals surface area contributed by atoms with Gasteiger partial charge in [-0.05, 0) is 49.1 Å². The van der Waals surface area contributed by atoms with Gasteiger partial charge in [0.25, 0.3) is 5.91 Å². The molecule has 0 fully saturated rings. The van der Waals surface area contributed by atoms with E-state index < -0.39 is 11.1 Å². The number of aromatic nitrogens is 2. The van der Waals surface area contributed by atoms with Gasteiger partial charge in [0.2, 0.25) is 0 Å². The smallest absolute Gasteiger partial charge is 0.317 e. The second-order valence-corrected chi connectivity index (χ2v) is 7.56. The minimum atomic E-state index is -0.541. The van der Waals surface area contributed by atoms with Crippen molar-refractivity contribution in [3.63, 3.8) is 0 Å². The molecule has 0 spiro atoms. The Labute approximate surface area is 169 Å². The zero-order chi connectivity index (χ0) is 21.0. The van der Waals surface area contributed by atoms with E-state index in [1.54, 1.807) is 12.1 Å². The fourth-order valence-corrected chi connectivity index (χ4v) is 3.36. The molecular weight excluding hydrogens is 366 g/mol. The Morgan fingerprint density at radius 2 is 1.52 bits per heavy atom. The number of carbonyl (C=O) groups excluding carboxylic acids is 1. The number of benzene rings is 2. The molecule has 0 aliphatic carbocycles. The van der Waals surface area contributed by atoms with Crippen molar-refractivity contribution in [2.24, 2.45) is 5.92 Å². The second-order valence-electron chi connectivity index (χ2n) is 7.56. The maximum atomic E-state index is 12.7. The first-order valence-electron chi connectivity index (χ1n) is 10.0. The maximum absolute atomic E-state index is 12.7. The first-order valence-corrected chi connectivity index (χ1v) is 10.0. The Morgan fingerprint density at radius 3 is 2.10 bits per heavy atom. The average Bonchev–Trinajstić information content (AvgIpc) is 2.72. The monoisotopic (exact) mass is 393 g/mol. The molecule has 0 aliphatic rings. The summed E-state index contributed by atoms with van der Waals surface area (Å²) in [5, 5.41) is 2.91. The fourth-order valence-electron chi connectivity index (χ4n) is 3.36. The van der Waals surface area contributed by atoms with Gasteiger partial charge in [0.15, 0.2) is 0 Å². The molecule has 0 saturated carbocycles. The summed E-state index contributed by atoms with van der Waals surface area (Å²) in [7, 11) is 0. The van der Waals surface area contributed by atoms with E-state index in [4.69, 9.17) is 0 Å². The van der Waals surface area contributed by atoms with Gasteiger partial charge in [0, 0.05) is 18.7 Å². The van der Waals surface area contributed by atoms with Crippen LogP contribution in [0.25, 0.3) is 11.0 Å². The van der Waals surface area contributed by atoms with Crippen molar-refractivity contribution in [3.05, 3.63) is 80.4 Å². The lowest BCUT2D eigenvalue weighted by molar-refractivity contribution is 0.0952. The van der Waals surface area contributed by atoms with Crippen molar-refractivity contribution in [3.8, 4) is 0 Å². The van der Waals surface area contributed by atoms with Crippen LogP contribution in [-0.4, -0.2) is 21.6 Å². The first-order chi connectivity index (χ1) is 13.9. The Bertz CT molecular complexity index is 1120. The summed E-state index contributed by atoms with van der Waals surface area (Å²) in [6.07, 6.45) is 0.934. The maximum Gasteiger partial charge on any atom is 0.317 e. The van der Waals surface area contributed by atoms with Crippen LogP contribution in [0.4, 0.5) is 0 Å². The van der Waals surface area contributed by atoms with Crippen molar-refractivity contribution in [2.75, 3.05) is 6.54 Å². The summed E-state index contributed by atoms with van der Waals surface area (Å²) in [5.41, 5.74) is 1.82. The Morgan fingerprint density at radius 1 is 0.931 bits per heavy atom. The van der Waals surface area contributed by atoms with E-state index in [1.807, 2.05) is 43.3 Å². The van der Waals surface area contributed by atoms with Crippen LogP contribution >= 0.6 is 0 Å². The number of nitrogens with zero attached hydrogens (tertiary/aromatic N) is 2. The minimum Gasteiger partial charge on any atom is -0.352 e. The third kappa shape index (κ3) is 4.47. The summed E-state index contributed by atoms with van der Waals surface area (Å²) in [6.45, 7) is 7.44. The number of rotatable bonds is 7. The van der Waals surface area contributed by atoms with Crippen LogP contribution in [0.3, 0.4) is 0 Å². The highest BCUT2D eigenvalue weighted by atomic mass is 16.2. The van der Waals surface area contributed by atoms with Crippen LogP contribution in [0.5, 0.6) is 0 Å². The lowest BCUT2D eigenvalue weighted by Gasteiger charge is -2.14. The Hall–Kier alpha value is -3.15. The predicted molar refractivity (Wildman–Crippen MR) is 115 cm³/mol. The van der Waals surface area contributed by atoms with E-state index in [0.717, 1.165) is 23.0 Å². The number of carbonyl (C=O) groups is 1. The second kappa shape index (κ2) is 8.90. The van der Waals surface area contributed by atoms with Gasteiger partial charge in [0.05, 0.1) is 17.6 Å². The molecule has 152 valence electrons. The third-order valence-electron chi connectivity index (χ3n) is 5.02. The molecule has 0 bridgehead atoms. The molecule has 0 aliphatic heterocycles. The number of fused-ring (bicyclic) bond motifs is 1. The Kier molecular flexibility index (Phi) is 6.32. The van der Waals surface area contributed by atoms with Crippen molar-refractivity contribution >= 4 is 16.9 Å². The zero-order valence-electron chi connectivity index (χ0n) is 17.1. The molecule has 29 heavy (non-hydrogen) atoms. The van der Waals surface area contributed by atoms with E-state index >= 15 is 0 Å². The number of aryl methyl sites for hydroxylation is 1. The summed E-state index contributed by atoms with van der Waals surface area (Å²) in [5.74, 6) is 0.430. The van der Waals surface area contributed by atoms with E-state index in [-0.39, 0.29) is 12.5 Å². The number of amides is 1. The molecule has 0 saturated heterocycles. The fraction of sp³-hybridized carbons (Fsp3) is 0.348. The molecule has 1 N–H and O–H groups in total. The summed E-state index contributed by atoms with van der Waals surface area (Å²) in [4.78, 5) is 37.4. The molecule has 0 atom stereocenters. The van der Waals surface area contributed by atoms with Crippen LogP contribution in [0.2, 0.25) is 0 Å². The molecule has 3 rings (SSSR count). The highest BCUT2D eigenvalue weighted by Crippen LogP contribution is 2.13. The largest absolute Gasteiger partial charge is 0.352 e. The zero-order valence-corrected chi connectivity index (χ0v) is 17.1. The van der Waals surface area contributed by atoms with Gasteiger partial charge in [-0.15, -0.1) is 0 Å². The van der Waals surface area contributed by atoms with Gasteiger partial charge in [0.1, 0.15) is 0 Å². The van der Waals surface area contributed by atoms with Crippen LogP contribution < -0.4 is 16.4 Å². The molecule has 0 radical (unpaired) electrons. The van der Waals surface area contributed by atoms with E-state index in [2.05, 4.69) is 19.2 Å². The standard InChI is InChI=1S/C23H27N3O3/c1-4-25-19-7-5-6-8-20(19)26(23(29)22(25)28)15-17-9-11-18(12-10-17)21(27)24-14-13-16(2)3/h5-12,16H,4,13-15H2,1-3H3,(H,24,27). The van der Waals surface area contributed by atoms with Gasteiger partial charge in [-0.3, -0.25) is 19.0 Å². The van der Waals surface area contributed by atoms with Crippen molar-refractivity contribution < 1.29 is 4.79 Å². The summed E-state index contributed by atoms with van der Waals surface area (Å²) >= 11 is 0. The molecule has 1 heterocycles. The normalized spacial score (nSPS) is 11.2. The third-order valence-corrected chi connectivity index (χ3v) is 5.02. The van der Waals surface area contributed by atoms with Crippen molar-refractivity contribution in [1.82, 2.24) is 14.5 Å². The average molecular weight is 393 g/mol. The van der Waals surface area contributed by atoms with Crippen molar-refractivity contribution in [2.45, 2.75) is 40.3 Å². The number of hydrogen-bond acceptors (Lipinski definition) is 3. The van der Waals surface area contributed by atoms with Crippen LogP contribution in [-0.2, 0) is 13.1 Å². The van der Waals surface area contributed by atoms with E-state index in [9.17, 15) is 14.4 Å². The quantitative estimate of drug-likeness (QED) is 0.627. The molecule has 6 nitrogen and oxygen atoms in total. The highest BCUT2D eigenvalue weighted by Gasteiger charge is 2.12.